The number of alkyl halides is 2. The Labute approximate surface area is 77.6 Å². The summed E-state index contributed by atoms with van der Waals surface area (Å²) in [6.45, 7) is 0. The molecule has 1 fully saturated rings. The number of hydrogen-bond donors (Lipinski definition) is 0. The highest BCUT2D eigenvalue weighted by atomic mass is 79.9. The van der Waals surface area contributed by atoms with Crippen molar-refractivity contribution < 1.29 is 0 Å². The van der Waals surface area contributed by atoms with Crippen molar-refractivity contribution in [2.45, 2.75) is 9.65 Å². The Morgan fingerprint density at radius 3 is 1.60 bits per heavy atom. The topological polar surface area (TPSA) is 0 Å². The van der Waals surface area contributed by atoms with E-state index in [1.165, 1.54) is 0 Å². The molecule has 4 atom stereocenters. The molecule has 0 unspecified atom stereocenters. The minimum Gasteiger partial charge on any atom is -0.0872 e. The third kappa shape index (κ3) is 0.850. The van der Waals surface area contributed by atoms with E-state index in [-0.39, 0.29) is 0 Å². The highest BCUT2D eigenvalue weighted by molar-refractivity contribution is 9.12. The van der Waals surface area contributed by atoms with Gasteiger partial charge in [-0.15, -0.1) is 0 Å². The summed E-state index contributed by atoms with van der Waals surface area (Å²) in [6, 6.07) is 0. The van der Waals surface area contributed by atoms with Gasteiger partial charge < -0.3 is 0 Å². The fourth-order valence-electron chi connectivity index (χ4n) is 1.56. The molecule has 0 heterocycles. The molecule has 0 aliphatic heterocycles. The first-order valence-electron chi connectivity index (χ1n) is 3.44. The van der Waals surface area contributed by atoms with Crippen LogP contribution in [0, 0.1) is 11.8 Å². The first kappa shape index (κ1) is 7.11. The largest absolute Gasteiger partial charge is 0.0872 e. The van der Waals surface area contributed by atoms with Crippen molar-refractivity contribution in [1.29, 1.82) is 0 Å². The predicted octanol–water partition coefficient (Wildman–Crippen LogP) is 2.89. The first-order valence-corrected chi connectivity index (χ1v) is 5.27. The standard InChI is InChI=1S/C8H8Br2/c9-7-5-3-1-2-4-6(5)8(7)10/h1-8H/t5-,6+,7+,8-. The van der Waals surface area contributed by atoms with Gasteiger partial charge in [0, 0.05) is 9.65 Å². The Kier molecular flexibility index (Phi) is 1.77. The number of allylic oxidation sites excluding steroid dienone is 4. The highest BCUT2D eigenvalue weighted by Gasteiger charge is 2.45. The van der Waals surface area contributed by atoms with Crippen LogP contribution >= 0.6 is 31.9 Å². The van der Waals surface area contributed by atoms with Crippen molar-refractivity contribution in [3.63, 3.8) is 0 Å². The molecule has 10 heavy (non-hydrogen) atoms. The molecule has 0 aromatic carbocycles. The maximum absolute atomic E-state index is 3.64. The maximum atomic E-state index is 3.64. The van der Waals surface area contributed by atoms with Crippen LogP contribution in [0.5, 0.6) is 0 Å². The van der Waals surface area contributed by atoms with E-state index >= 15 is 0 Å². The van der Waals surface area contributed by atoms with E-state index in [0.29, 0.717) is 9.65 Å². The third-order valence-electron chi connectivity index (χ3n) is 2.26. The van der Waals surface area contributed by atoms with Crippen molar-refractivity contribution in [2.75, 3.05) is 0 Å². The first-order chi connectivity index (χ1) is 4.80. The lowest BCUT2D eigenvalue weighted by atomic mass is 9.71. The summed E-state index contributed by atoms with van der Waals surface area (Å²) in [6.07, 6.45) is 8.83. The van der Waals surface area contributed by atoms with Gasteiger partial charge in [0.1, 0.15) is 0 Å². The molecule has 0 saturated heterocycles. The second-order valence-electron chi connectivity index (χ2n) is 2.81. The SMILES string of the molecule is Br[C@@H]1[C@H](Br)[C@H]2C=CC=C[C@@H]12. The van der Waals surface area contributed by atoms with E-state index in [2.05, 4.69) is 56.2 Å². The fourth-order valence-corrected chi connectivity index (χ4v) is 3.32. The molecule has 0 aromatic heterocycles. The number of hydrogen-bond acceptors (Lipinski definition) is 0. The second kappa shape index (κ2) is 2.49. The minimum absolute atomic E-state index is 0.638. The smallest absolute Gasteiger partial charge is 0.0345 e. The Balaban J connectivity index is 2.17. The van der Waals surface area contributed by atoms with Gasteiger partial charge in [0.05, 0.1) is 0 Å². The molecule has 2 heteroatoms. The van der Waals surface area contributed by atoms with Crippen LogP contribution in [0.4, 0.5) is 0 Å². The molecule has 0 radical (unpaired) electrons. The van der Waals surface area contributed by atoms with Gasteiger partial charge >= 0.3 is 0 Å². The summed E-state index contributed by atoms with van der Waals surface area (Å²) in [5.74, 6) is 1.46. The van der Waals surface area contributed by atoms with Crippen LogP contribution in [0.15, 0.2) is 24.3 Å². The van der Waals surface area contributed by atoms with Gasteiger partial charge in [-0.25, -0.2) is 0 Å². The van der Waals surface area contributed by atoms with Gasteiger partial charge in [-0.05, 0) is 11.8 Å². The molecule has 2 rings (SSSR count). The average molecular weight is 264 g/mol. The van der Waals surface area contributed by atoms with Crippen LogP contribution in [0.3, 0.4) is 0 Å². The number of rotatable bonds is 0. The Morgan fingerprint density at radius 2 is 1.20 bits per heavy atom. The lowest BCUT2D eigenvalue weighted by molar-refractivity contribution is 0.323. The van der Waals surface area contributed by atoms with Gasteiger partial charge in [0.25, 0.3) is 0 Å². The van der Waals surface area contributed by atoms with Crippen LogP contribution in [0.2, 0.25) is 0 Å². The van der Waals surface area contributed by atoms with Gasteiger partial charge in [0.15, 0.2) is 0 Å². The Morgan fingerprint density at radius 1 is 0.800 bits per heavy atom. The van der Waals surface area contributed by atoms with Gasteiger partial charge in [-0.1, -0.05) is 56.2 Å². The quantitative estimate of drug-likeness (QED) is 0.590. The van der Waals surface area contributed by atoms with Crippen LogP contribution in [-0.4, -0.2) is 9.65 Å². The summed E-state index contributed by atoms with van der Waals surface area (Å²) in [5, 5.41) is 0. The molecular formula is C8H8Br2. The summed E-state index contributed by atoms with van der Waals surface area (Å²) >= 11 is 7.27. The second-order valence-corrected chi connectivity index (χ2v) is 4.93. The van der Waals surface area contributed by atoms with Crippen LogP contribution in [0.1, 0.15) is 0 Å². The normalized spacial score (nSPS) is 50.2. The Hall–Kier alpha value is 0.440. The summed E-state index contributed by atoms with van der Waals surface area (Å²) in [5.41, 5.74) is 0. The molecule has 0 bridgehead atoms. The van der Waals surface area contributed by atoms with Crippen molar-refractivity contribution >= 4 is 31.9 Å². The van der Waals surface area contributed by atoms with Crippen molar-refractivity contribution in [3.05, 3.63) is 24.3 Å². The lowest BCUT2D eigenvalue weighted by Crippen LogP contribution is -2.47. The molecule has 1 saturated carbocycles. The molecule has 0 spiro atoms. The average Bonchev–Trinajstić information content (AvgIpc) is 2.03. The lowest BCUT2D eigenvalue weighted by Gasteiger charge is -2.45. The minimum atomic E-state index is 0.638. The molecule has 0 N–H and O–H groups in total. The van der Waals surface area contributed by atoms with Crippen molar-refractivity contribution in [1.82, 2.24) is 0 Å². The zero-order valence-electron chi connectivity index (χ0n) is 5.37. The van der Waals surface area contributed by atoms with E-state index < -0.39 is 0 Å². The van der Waals surface area contributed by atoms with Gasteiger partial charge in [0.2, 0.25) is 0 Å². The van der Waals surface area contributed by atoms with Crippen LogP contribution < -0.4 is 0 Å². The van der Waals surface area contributed by atoms with Crippen molar-refractivity contribution in [2.24, 2.45) is 11.8 Å². The molecule has 2 aliphatic carbocycles. The number of fused-ring (bicyclic) bond motifs is 1. The Bertz CT molecular complexity index is 173. The third-order valence-corrected chi connectivity index (χ3v) is 5.33. The molecule has 0 aromatic rings. The van der Waals surface area contributed by atoms with E-state index in [0.717, 1.165) is 11.8 Å². The summed E-state index contributed by atoms with van der Waals surface area (Å²) in [4.78, 5) is 1.28. The summed E-state index contributed by atoms with van der Waals surface area (Å²) < 4.78 is 0. The van der Waals surface area contributed by atoms with Gasteiger partial charge in [-0.3, -0.25) is 0 Å². The van der Waals surface area contributed by atoms with E-state index in [1.54, 1.807) is 0 Å². The van der Waals surface area contributed by atoms with Crippen LogP contribution in [-0.2, 0) is 0 Å². The molecule has 2 aliphatic rings. The monoisotopic (exact) mass is 262 g/mol. The zero-order valence-corrected chi connectivity index (χ0v) is 8.55. The zero-order chi connectivity index (χ0) is 7.14. The van der Waals surface area contributed by atoms with E-state index in [9.17, 15) is 0 Å². The fraction of sp³-hybridized carbons (Fsp3) is 0.500. The molecule has 54 valence electrons. The molecule has 0 amide bonds. The predicted molar refractivity (Wildman–Crippen MR) is 50.7 cm³/mol. The highest BCUT2D eigenvalue weighted by Crippen LogP contribution is 2.47. The van der Waals surface area contributed by atoms with Crippen molar-refractivity contribution in [3.8, 4) is 0 Å². The maximum Gasteiger partial charge on any atom is 0.0345 e. The summed E-state index contributed by atoms with van der Waals surface area (Å²) in [7, 11) is 0. The van der Waals surface area contributed by atoms with Gasteiger partial charge in [-0.2, -0.15) is 0 Å². The van der Waals surface area contributed by atoms with E-state index in [4.69, 9.17) is 0 Å². The van der Waals surface area contributed by atoms with E-state index in [1.807, 2.05) is 0 Å². The molecule has 0 nitrogen and oxygen atoms in total. The number of halogens is 2. The molecular weight excluding hydrogens is 256 g/mol. The van der Waals surface area contributed by atoms with Crippen LogP contribution in [0.25, 0.3) is 0 Å².